The van der Waals surface area contributed by atoms with Crippen LogP contribution in [0, 0.1) is 13.8 Å². The molecule has 1 N–H and O–H groups in total. The number of aromatic nitrogens is 2. The fraction of sp³-hybridized carbons (Fsp3) is 0.476. The summed E-state index contributed by atoms with van der Waals surface area (Å²) in [7, 11) is 0. The summed E-state index contributed by atoms with van der Waals surface area (Å²) in [5.74, 6) is -0.397. The van der Waals surface area contributed by atoms with Gasteiger partial charge in [-0.05, 0) is 46.6 Å². The molecular weight excluding hydrogens is 358 g/mol. The summed E-state index contributed by atoms with van der Waals surface area (Å²) >= 11 is 0. The molecule has 0 aliphatic heterocycles. The van der Waals surface area contributed by atoms with Crippen LogP contribution in [-0.4, -0.2) is 40.6 Å². The molecule has 7 heteroatoms. The van der Waals surface area contributed by atoms with Gasteiger partial charge in [0, 0.05) is 6.54 Å². The quantitative estimate of drug-likeness (QED) is 0.580. The largest absolute Gasteiger partial charge is 0.462 e. The standard InChI is InChI=1S/C21H29N3O4/c1-15-18(16(2)24(23-15)14-17-10-7-6-8-11-17)19(25)27-13-9-12-22-20(26)28-21(3,4)5/h6-8,10-11H,9,12-14H2,1-5H3,(H,22,26). The van der Waals surface area contributed by atoms with Crippen molar-refractivity contribution in [3.05, 3.63) is 52.8 Å². The van der Waals surface area contributed by atoms with Crippen molar-refractivity contribution in [1.29, 1.82) is 0 Å². The van der Waals surface area contributed by atoms with Crippen LogP contribution in [0.2, 0.25) is 0 Å². The lowest BCUT2D eigenvalue weighted by Crippen LogP contribution is -2.33. The van der Waals surface area contributed by atoms with Gasteiger partial charge in [-0.15, -0.1) is 0 Å². The highest BCUT2D eigenvalue weighted by Crippen LogP contribution is 2.16. The van der Waals surface area contributed by atoms with Gasteiger partial charge in [-0.3, -0.25) is 4.68 Å². The molecule has 1 amide bonds. The number of amides is 1. The molecule has 1 aromatic carbocycles. The van der Waals surface area contributed by atoms with Crippen molar-refractivity contribution < 1.29 is 19.1 Å². The number of benzene rings is 1. The van der Waals surface area contributed by atoms with E-state index in [0.717, 1.165) is 11.3 Å². The van der Waals surface area contributed by atoms with E-state index >= 15 is 0 Å². The third-order valence-corrected chi connectivity index (χ3v) is 3.98. The van der Waals surface area contributed by atoms with Crippen LogP contribution in [-0.2, 0) is 16.0 Å². The first kappa shape index (κ1) is 21.5. The van der Waals surface area contributed by atoms with Crippen molar-refractivity contribution in [3.8, 4) is 0 Å². The maximum Gasteiger partial charge on any atom is 0.407 e. The van der Waals surface area contributed by atoms with Crippen molar-refractivity contribution in [2.75, 3.05) is 13.2 Å². The second-order valence-corrected chi connectivity index (χ2v) is 7.61. The number of carbonyl (C=O) groups excluding carboxylic acids is 2. The molecule has 28 heavy (non-hydrogen) atoms. The molecule has 0 saturated carbocycles. The monoisotopic (exact) mass is 387 g/mol. The first-order valence-corrected chi connectivity index (χ1v) is 9.39. The van der Waals surface area contributed by atoms with Crippen LogP contribution in [0.5, 0.6) is 0 Å². The summed E-state index contributed by atoms with van der Waals surface area (Å²) in [6.07, 6.45) is 0.0222. The summed E-state index contributed by atoms with van der Waals surface area (Å²) in [6, 6.07) is 9.95. The zero-order chi connectivity index (χ0) is 20.7. The van der Waals surface area contributed by atoms with E-state index in [-0.39, 0.29) is 6.61 Å². The Bertz CT molecular complexity index is 807. The van der Waals surface area contributed by atoms with Gasteiger partial charge in [0.15, 0.2) is 0 Å². The van der Waals surface area contributed by atoms with Gasteiger partial charge >= 0.3 is 12.1 Å². The number of alkyl carbamates (subject to hydrolysis) is 1. The van der Waals surface area contributed by atoms with E-state index in [2.05, 4.69) is 10.4 Å². The lowest BCUT2D eigenvalue weighted by atomic mass is 10.2. The van der Waals surface area contributed by atoms with Crippen LogP contribution < -0.4 is 5.32 Å². The molecular formula is C21H29N3O4. The Morgan fingerprint density at radius 3 is 2.46 bits per heavy atom. The van der Waals surface area contributed by atoms with Gasteiger partial charge in [0.25, 0.3) is 0 Å². The number of aryl methyl sites for hydroxylation is 1. The fourth-order valence-corrected chi connectivity index (χ4v) is 2.72. The summed E-state index contributed by atoms with van der Waals surface area (Å²) < 4.78 is 12.3. The molecule has 0 aliphatic carbocycles. The van der Waals surface area contributed by atoms with E-state index in [0.29, 0.717) is 30.8 Å². The van der Waals surface area contributed by atoms with Gasteiger partial charge in [0.2, 0.25) is 0 Å². The van der Waals surface area contributed by atoms with Crippen LogP contribution >= 0.6 is 0 Å². The molecule has 0 bridgehead atoms. The Hall–Kier alpha value is -2.83. The lowest BCUT2D eigenvalue weighted by Gasteiger charge is -2.19. The third-order valence-electron chi connectivity index (χ3n) is 3.98. The summed E-state index contributed by atoms with van der Waals surface area (Å²) in [5.41, 5.74) is 2.49. The minimum absolute atomic E-state index is 0.206. The molecule has 1 aromatic heterocycles. The fourth-order valence-electron chi connectivity index (χ4n) is 2.72. The highest BCUT2D eigenvalue weighted by atomic mass is 16.6. The Kier molecular flexibility index (Phi) is 7.20. The van der Waals surface area contributed by atoms with Crippen molar-refractivity contribution in [2.24, 2.45) is 0 Å². The van der Waals surface area contributed by atoms with E-state index in [1.165, 1.54) is 0 Å². The molecule has 7 nitrogen and oxygen atoms in total. The molecule has 0 saturated heterocycles. The van der Waals surface area contributed by atoms with Crippen LogP contribution in [0.3, 0.4) is 0 Å². The van der Waals surface area contributed by atoms with Crippen molar-refractivity contribution in [1.82, 2.24) is 15.1 Å². The Morgan fingerprint density at radius 1 is 1.14 bits per heavy atom. The Labute approximate surface area is 166 Å². The topological polar surface area (TPSA) is 82.5 Å². The number of nitrogens with one attached hydrogen (secondary N) is 1. The molecule has 2 aromatic rings. The van der Waals surface area contributed by atoms with Crippen LogP contribution in [0.1, 0.15) is 54.5 Å². The highest BCUT2D eigenvalue weighted by Gasteiger charge is 2.20. The van der Waals surface area contributed by atoms with Gasteiger partial charge < -0.3 is 14.8 Å². The smallest absolute Gasteiger partial charge is 0.407 e. The molecule has 0 unspecified atom stereocenters. The number of carbonyl (C=O) groups is 2. The normalized spacial score (nSPS) is 11.2. The van der Waals surface area contributed by atoms with Gasteiger partial charge in [0.1, 0.15) is 11.2 Å². The second kappa shape index (κ2) is 9.39. The van der Waals surface area contributed by atoms with Crippen LogP contribution in [0.25, 0.3) is 0 Å². The Balaban J connectivity index is 1.83. The van der Waals surface area contributed by atoms with E-state index in [4.69, 9.17) is 9.47 Å². The molecule has 0 atom stereocenters. The van der Waals surface area contributed by atoms with Gasteiger partial charge in [-0.25, -0.2) is 9.59 Å². The third kappa shape index (κ3) is 6.40. The maximum atomic E-state index is 12.4. The minimum atomic E-state index is -0.536. The number of nitrogens with zero attached hydrogens (tertiary/aromatic N) is 2. The van der Waals surface area contributed by atoms with E-state index in [1.54, 1.807) is 27.7 Å². The number of hydrogen-bond acceptors (Lipinski definition) is 5. The zero-order valence-electron chi connectivity index (χ0n) is 17.2. The highest BCUT2D eigenvalue weighted by molar-refractivity contribution is 5.91. The molecule has 1 heterocycles. The van der Waals surface area contributed by atoms with Crippen LogP contribution in [0.4, 0.5) is 4.79 Å². The van der Waals surface area contributed by atoms with E-state index in [9.17, 15) is 9.59 Å². The lowest BCUT2D eigenvalue weighted by molar-refractivity contribution is 0.0482. The number of ether oxygens (including phenoxy) is 2. The van der Waals surface area contributed by atoms with Crippen molar-refractivity contribution in [2.45, 2.75) is 53.2 Å². The summed E-state index contributed by atoms with van der Waals surface area (Å²) in [6.45, 7) is 10.2. The van der Waals surface area contributed by atoms with Crippen molar-refractivity contribution >= 4 is 12.1 Å². The zero-order valence-corrected chi connectivity index (χ0v) is 17.2. The summed E-state index contributed by atoms with van der Waals surface area (Å²) in [5, 5.41) is 7.11. The number of esters is 1. The van der Waals surface area contributed by atoms with E-state index < -0.39 is 17.7 Å². The molecule has 0 fully saturated rings. The second-order valence-electron chi connectivity index (χ2n) is 7.61. The first-order valence-electron chi connectivity index (χ1n) is 9.39. The first-order chi connectivity index (χ1) is 13.2. The van der Waals surface area contributed by atoms with Crippen molar-refractivity contribution in [3.63, 3.8) is 0 Å². The molecule has 152 valence electrons. The summed E-state index contributed by atoms with van der Waals surface area (Å²) in [4.78, 5) is 24.0. The van der Waals surface area contributed by atoms with Gasteiger partial charge in [-0.1, -0.05) is 30.3 Å². The van der Waals surface area contributed by atoms with Gasteiger partial charge in [0.05, 0.1) is 24.5 Å². The minimum Gasteiger partial charge on any atom is -0.462 e. The Morgan fingerprint density at radius 2 is 1.82 bits per heavy atom. The molecule has 0 aliphatic rings. The van der Waals surface area contributed by atoms with Crippen LogP contribution in [0.15, 0.2) is 30.3 Å². The predicted molar refractivity (Wildman–Crippen MR) is 106 cm³/mol. The predicted octanol–water partition coefficient (Wildman–Crippen LogP) is 3.62. The number of hydrogen-bond donors (Lipinski definition) is 1. The van der Waals surface area contributed by atoms with Gasteiger partial charge in [-0.2, -0.15) is 5.10 Å². The molecule has 0 radical (unpaired) electrons. The number of rotatable bonds is 7. The average molecular weight is 387 g/mol. The van der Waals surface area contributed by atoms with E-state index in [1.807, 2.05) is 41.9 Å². The molecule has 0 spiro atoms. The average Bonchev–Trinajstić information content (AvgIpc) is 2.87. The SMILES string of the molecule is Cc1nn(Cc2ccccc2)c(C)c1C(=O)OCCCNC(=O)OC(C)(C)C. The maximum absolute atomic E-state index is 12.4. The molecule has 2 rings (SSSR count).